The Kier molecular flexibility index (Phi) is 8.36. The molecule has 0 heterocycles. The Bertz CT molecular complexity index is 1130. The fourth-order valence-electron chi connectivity index (χ4n) is 2.33. The number of amides is 1. The maximum atomic E-state index is 12.3. The Morgan fingerprint density at radius 2 is 1.38 bits per heavy atom. The van der Waals surface area contributed by atoms with Crippen molar-refractivity contribution in [2.24, 2.45) is 0 Å². The number of hydrogen-bond acceptors (Lipinski definition) is 6. The van der Waals surface area contributed by atoms with Gasteiger partial charge in [-0.05, 0) is 48.5 Å². The molecular weight excluding hydrogens is 475 g/mol. The second-order valence-electron chi connectivity index (χ2n) is 6.33. The fourth-order valence-corrected chi connectivity index (χ4v) is 4.36. The zero-order valence-electron chi connectivity index (χ0n) is 16.6. The number of hydrogen-bond donors (Lipinski definition) is 3. The van der Waals surface area contributed by atoms with Gasteiger partial charge in [0.1, 0.15) is 6.54 Å². The summed E-state index contributed by atoms with van der Waals surface area (Å²) in [5.41, 5.74) is 0.312. The Morgan fingerprint density at radius 3 is 1.88 bits per heavy atom. The predicted octanol–water partition coefficient (Wildman–Crippen LogP) is 1.70. The molecule has 1 amide bonds. The molecule has 2 aromatic rings. The number of halogens is 3. The Balaban J connectivity index is 2.04. The van der Waals surface area contributed by atoms with Gasteiger partial charge in [-0.15, -0.1) is 0 Å². The van der Waals surface area contributed by atoms with Crippen LogP contribution in [0.25, 0.3) is 0 Å². The van der Waals surface area contributed by atoms with Gasteiger partial charge in [-0.2, -0.15) is 13.2 Å². The SMILES string of the molecule is COCCNS(=O)(=O)c1ccc(C(=O)Nc2ccc(S(=O)(=O)NCC(F)(F)F)cc2)cc1. The van der Waals surface area contributed by atoms with E-state index in [9.17, 15) is 34.8 Å². The van der Waals surface area contributed by atoms with Crippen molar-refractivity contribution in [3.8, 4) is 0 Å². The van der Waals surface area contributed by atoms with Crippen LogP contribution < -0.4 is 14.8 Å². The largest absolute Gasteiger partial charge is 0.402 e. The van der Waals surface area contributed by atoms with E-state index in [4.69, 9.17) is 4.74 Å². The van der Waals surface area contributed by atoms with Crippen LogP contribution in [0.15, 0.2) is 58.3 Å². The zero-order valence-corrected chi connectivity index (χ0v) is 18.3. The molecule has 0 aromatic heterocycles. The molecule has 32 heavy (non-hydrogen) atoms. The third-order valence-corrected chi connectivity index (χ3v) is 6.80. The van der Waals surface area contributed by atoms with Gasteiger partial charge >= 0.3 is 6.18 Å². The highest BCUT2D eigenvalue weighted by molar-refractivity contribution is 7.89. The van der Waals surface area contributed by atoms with Crippen LogP contribution in [0, 0.1) is 0 Å². The quantitative estimate of drug-likeness (QED) is 0.430. The van der Waals surface area contributed by atoms with Crippen molar-refractivity contribution in [3.63, 3.8) is 0 Å². The molecule has 0 fully saturated rings. The maximum Gasteiger partial charge on any atom is 0.402 e. The number of ether oxygens (including phenoxy) is 1. The molecule has 0 spiro atoms. The molecule has 2 aromatic carbocycles. The molecule has 14 heteroatoms. The van der Waals surface area contributed by atoms with Crippen molar-refractivity contribution in [3.05, 3.63) is 54.1 Å². The summed E-state index contributed by atoms with van der Waals surface area (Å²) < 4.78 is 93.1. The molecular formula is C18H20F3N3O6S2. The Morgan fingerprint density at radius 1 is 0.875 bits per heavy atom. The zero-order chi connectivity index (χ0) is 24.0. The number of nitrogens with one attached hydrogen (secondary N) is 3. The molecule has 0 unspecified atom stereocenters. The lowest BCUT2D eigenvalue weighted by atomic mass is 10.2. The van der Waals surface area contributed by atoms with E-state index >= 15 is 0 Å². The van der Waals surface area contributed by atoms with Crippen LogP contribution in [0.3, 0.4) is 0 Å². The van der Waals surface area contributed by atoms with Crippen molar-refractivity contribution in [1.29, 1.82) is 0 Å². The molecule has 0 aliphatic rings. The van der Waals surface area contributed by atoms with E-state index in [0.717, 1.165) is 12.1 Å². The van der Waals surface area contributed by atoms with E-state index in [1.807, 2.05) is 0 Å². The minimum atomic E-state index is -4.70. The highest BCUT2D eigenvalue weighted by atomic mass is 32.2. The summed E-state index contributed by atoms with van der Waals surface area (Å²) in [6.45, 7) is -1.43. The monoisotopic (exact) mass is 495 g/mol. The standard InChI is InChI=1S/C18H20F3N3O6S2/c1-30-11-10-22-31(26,27)15-6-2-13(3-7-15)17(25)24-14-4-8-16(9-5-14)32(28,29)23-12-18(19,20)21/h2-9,22-23H,10-12H2,1H3,(H,24,25). The summed E-state index contributed by atoms with van der Waals surface area (Å²) >= 11 is 0. The van der Waals surface area contributed by atoms with Crippen LogP contribution in [-0.4, -0.2) is 55.7 Å². The summed E-state index contributed by atoms with van der Waals surface area (Å²) in [5.74, 6) is -0.605. The number of rotatable bonds is 10. The van der Waals surface area contributed by atoms with Crippen molar-refractivity contribution >= 4 is 31.6 Å². The normalized spacial score (nSPS) is 12.5. The third-order valence-electron chi connectivity index (χ3n) is 3.91. The average Bonchev–Trinajstić information content (AvgIpc) is 2.72. The number of carbonyl (C=O) groups excluding carboxylic acids is 1. The van der Waals surface area contributed by atoms with Gasteiger partial charge in [0.15, 0.2) is 0 Å². The van der Waals surface area contributed by atoms with Crippen molar-refractivity contribution in [2.75, 3.05) is 32.1 Å². The van der Waals surface area contributed by atoms with Crippen LogP contribution in [0.4, 0.5) is 18.9 Å². The summed E-state index contributed by atoms with van der Waals surface area (Å²) in [4.78, 5) is 11.9. The molecule has 0 saturated carbocycles. The number of anilines is 1. The van der Waals surface area contributed by atoms with Crippen LogP contribution in [0.2, 0.25) is 0 Å². The molecule has 176 valence electrons. The lowest BCUT2D eigenvalue weighted by molar-refractivity contribution is -0.121. The van der Waals surface area contributed by atoms with Crippen molar-refractivity contribution < 1.29 is 39.5 Å². The molecule has 0 radical (unpaired) electrons. The number of sulfonamides is 2. The van der Waals surface area contributed by atoms with Gasteiger partial charge in [0.25, 0.3) is 5.91 Å². The van der Waals surface area contributed by atoms with Gasteiger partial charge in [0, 0.05) is 24.9 Å². The number of methoxy groups -OCH3 is 1. The van der Waals surface area contributed by atoms with E-state index in [2.05, 4.69) is 10.0 Å². The van der Waals surface area contributed by atoms with E-state index in [0.29, 0.717) is 0 Å². The molecule has 0 aliphatic carbocycles. The smallest absolute Gasteiger partial charge is 0.383 e. The van der Waals surface area contributed by atoms with Gasteiger partial charge in [-0.25, -0.2) is 26.3 Å². The van der Waals surface area contributed by atoms with Gasteiger partial charge in [0.05, 0.1) is 16.4 Å². The molecule has 0 aliphatic heterocycles. The molecule has 9 nitrogen and oxygen atoms in total. The first-order valence-electron chi connectivity index (χ1n) is 8.90. The van der Waals surface area contributed by atoms with Crippen molar-refractivity contribution in [1.82, 2.24) is 9.44 Å². The van der Waals surface area contributed by atoms with Crippen LogP contribution in [0.5, 0.6) is 0 Å². The summed E-state index contributed by atoms with van der Waals surface area (Å²) in [6, 6.07) is 9.56. The van der Waals surface area contributed by atoms with Gasteiger partial charge in [-0.1, -0.05) is 0 Å². The molecule has 2 rings (SSSR count). The van der Waals surface area contributed by atoms with Crippen LogP contribution in [-0.2, 0) is 24.8 Å². The molecule has 0 saturated heterocycles. The van der Waals surface area contributed by atoms with Gasteiger partial charge in [0.2, 0.25) is 20.0 Å². The maximum absolute atomic E-state index is 12.3. The van der Waals surface area contributed by atoms with Crippen molar-refractivity contribution in [2.45, 2.75) is 16.0 Å². The summed E-state index contributed by atoms with van der Waals surface area (Å²) in [7, 11) is -6.70. The van der Waals surface area contributed by atoms with E-state index in [1.165, 1.54) is 48.2 Å². The van der Waals surface area contributed by atoms with Crippen LogP contribution >= 0.6 is 0 Å². The number of benzene rings is 2. The minimum absolute atomic E-state index is 0.0499. The summed E-state index contributed by atoms with van der Waals surface area (Å²) in [6.07, 6.45) is -4.70. The first-order chi connectivity index (χ1) is 14.8. The first-order valence-corrected chi connectivity index (χ1v) is 11.9. The Labute approximate surface area is 183 Å². The highest BCUT2D eigenvalue weighted by Crippen LogP contribution is 2.18. The third kappa shape index (κ3) is 7.56. The predicted molar refractivity (Wildman–Crippen MR) is 109 cm³/mol. The average molecular weight is 496 g/mol. The minimum Gasteiger partial charge on any atom is -0.383 e. The van der Waals surface area contributed by atoms with E-state index in [-0.39, 0.29) is 29.3 Å². The second kappa shape index (κ2) is 10.4. The number of carbonyl (C=O) groups is 1. The second-order valence-corrected chi connectivity index (χ2v) is 9.87. The fraction of sp³-hybridized carbons (Fsp3) is 0.278. The van der Waals surface area contributed by atoms with Crippen LogP contribution in [0.1, 0.15) is 10.4 Å². The number of alkyl halides is 3. The lowest BCUT2D eigenvalue weighted by Gasteiger charge is -2.10. The molecule has 0 bridgehead atoms. The molecule has 0 atom stereocenters. The highest BCUT2D eigenvalue weighted by Gasteiger charge is 2.30. The topological polar surface area (TPSA) is 131 Å². The van der Waals surface area contributed by atoms with Gasteiger partial charge in [-0.3, -0.25) is 4.79 Å². The Hall–Kier alpha value is -2.52. The van der Waals surface area contributed by atoms with E-state index < -0.39 is 43.6 Å². The molecule has 3 N–H and O–H groups in total. The van der Waals surface area contributed by atoms with Gasteiger partial charge < -0.3 is 10.1 Å². The van der Waals surface area contributed by atoms with E-state index in [1.54, 1.807) is 0 Å². The first kappa shape index (κ1) is 25.7. The lowest BCUT2D eigenvalue weighted by Crippen LogP contribution is -2.33. The summed E-state index contributed by atoms with van der Waals surface area (Å²) in [5, 5.41) is 2.48.